The van der Waals surface area contributed by atoms with E-state index in [0.29, 0.717) is 42.3 Å². The standard InChI is InChI=1S/C19H24N2O5S/c1-26-15-7-5-14(6-8-15)20-17(22)16-10-27-11-21(16)18(23)12-3-2-4-13(9-12)19(24)25/h5-8,12-13,16H,2-4,9-11H2,1H3,(H,20,22)(H,24,25). The number of carboxylic acid groups (broad SMARTS) is 1. The topological polar surface area (TPSA) is 95.9 Å². The predicted octanol–water partition coefficient (Wildman–Crippen LogP) is 2.43. The molecule has 1 heterocycles. The van der Waals surface area contributed by atoms with Crippen LogP contribution in [0.1, 0.15) is 25.7 Å². The van der Waals surface area contributed by atoms with E-state index in [1.807, 2.05) is 0 Å². The average molecular weight is 392 g/mol. The zero-order valence-corrected chi connectivity index (χ0v) is 16.0. The number of benzene rings is 1. The van der Waals surface area contributed by atoms with Crippen molar-refractivity contribution in [3.8, 4) is 5.75 Å². The van der Waals surface area contributed by atoms with E-state index in [0.717, 1.165) is 6.42 Å². The first kappa shape index (κ1) is 19.5. The van der Waals surface area contributed by atoms with Crippen molar-refractivity contribution in [1.29, 1.82) is 0 Å². The number of hydrogen-bond acceptors (Lipinski definition) is 5. The molecule has 3 atom stereocenters. The van der Waals surface area contributed by atoms with Crippen LogP contribution in [0.4, 0.5) is 5.69 Å². The van der Waals surface area contributed by atoms with Crippen LogP contribution in [0.2, 0.25) is 0 Å². The highest BCUT2D eigenvalue weighted by Crippen LogP contribution is 2.33. The van der Waals surface area contributed by atoms with Gasteiger partial charge in [-0.15, -0.1) is 11.8 Å². The maximum Gasteiger partial charge on any atom is 0.306 e. The highest BCUT2D eigenvalue weighted by atomic mass is 32.2. The number of nitrogens with zero attached hydrogens (tertiary/aromatic N) is 1. The summed E-state index contributed by atoms with van der Waals surface area (Å²) in [4.78, 5) is 38.5. The maximum atomic E-state index is 12.9. The Morgan fingerprint density at radius 1 is 1.19 bits per heavy atom. The molecule has 1 aliphatic carbocycles. The molecule has 1 saturated heterocycles. The van der Waals surface area contributed by atoms with Gasteiger partial charge in [-0.25, -0.2) is 0 Å². The summed E-state index contributed by atoms with van der Waals surface area (Å²) in [6.07, 6.45) is 2.41. The highest BCUT2D eigenvalue weighted by Gasteiger charge is 2.40. The van der Waals surface area contributed by atoms with Crippen LogP contribution >= 0.6 is 11.8 Å². The Labute approximate surface area is 162 Å². The third-order valence-electron chi connectivity index (χ3n) is 5.20. The van der Waals surface area contributed by atoms with Gasteiger partial charge in [0.2, 0.25) is 11.8 Å². The zero-order chi connectivity index (χ0) is 19.4. The number of methoxy groups -OCH3 is 1. The number of hydrogen-bond donors (Lipinski definition) is 2. The lowest BCUT2D eigenvalue weighted by molar-refractivity contribution is -0.146. The SMILES string of the molecule is COc1ccc(NC(=O)C2CSCN2C(=O)C2CCCC(C(=O)O)C2)cc1. The molecule has 146 valence electrons. The second-order valence-electron chi connectivity index (χ2n) is 6.94. The molecular weight excluding hydrogens is 368 g/mol. The number of carbonyl (C=O) groups is 3. The fourth-order valence-electron chi connectivity index (χ4n) is 3.65. The zero-order valence-electron chi connectivity index (χ0n) is 15.2. The molecule has 2 N–H and O–H groups in total. The molecule has 0 radical (unpaired) electrons. The summed E-state index contributed by atoms with van der Waals surface area (Å²) in [6, 6.07) is 6.49. The molecule has 2 fully saturated rings. The Hall–Kier alpha value is -2.22. The first-order valence-corrected chi connectivity index (χ1v) is 10.2. The van der Waals surface area contributed by atoms with E-state index >= 15 is 0 Å². The molecule has 0 spiro atoms. The Balaban J connectivity index is 1.64. The summed E-state index contributed by atoms with van der Waals surface area (Å²) in [5.74, 6) is -0.214. The third kappa shape index (κ3) is 4.55. The van der Waals surface area contributed by atoms with Crippen LogP contribution < -0.4 is 10.1 Å². The van der Waals surface area contributed by atoms with Crippen molar-refractivity contribution in [3.63, 3.8) is 0 Å². The van der Waals surface area contributed by atoms with Gasteiger partial charge in [0, 0.05) is 17.4 Å². The molecule has 1 aromatic rings. The number of carboxylic acids is 1. The Bertz CT molecular complexity index is 709. The van der Waals surface area contributed by atoms with Gasteiger partial charge in [0.05, 0.1) is 18.9 Å². The molecule has 1 saturated carbocycles. The number of rotatable bonds is 5. The molecule has 0 bridgehead atoms. The number of thioether (sulfide) groups is 1. The molecular formula is C19H24N2O5S. The van der Waals surface area contributed by atoms with Gasteiger partial charge >= 0.3 is 5.97 Å². The van der Waals surface area contributed by atoms with Crippen LogP contribution in [0.25, 0.3) is 0 Å². The second-order valence-corrected chi connectivity index (χ2v) is 7.94. The Morgan fingerprint density at radius 3 is 2.56 bits per heavy atom. The van der Waals surface area contributed by atoms with E-state index in [-0.39, 0.29) is 17.7 Å². The van der Waals surface area contributed by atoms with Crippen molar-refractivity contribution in [2.45, 2.75) is 31.7 Å². The fourth-order valence-corrected chi connectivity index (χ4v) is 4.81. The largest absolute Gasteiger partial charge is 0.497 e. The average Bonchev–Trinajstić information content (AvgIpc) is 3.18. The Morgan fingerprint density at radius 2 is 1.89 bits per heavy atom. The molecule has 8 heteroatoms. The number of ether oxygens (including phenoxy) is 1. The molecule has 1 aliphatic heterocycles. The van der Waals surface area contributed by atoms with Crippen LogP contribution in [0.3, 0.4) is 0 Å². The fraction of sp³-hybridized carbons (Fsp3) is 0.526. The summed E-state index contributed by atoms with van der Waals surface area (Å²) < 4.78 is 5.10. The van der Waals surface area contributed by atoms with Gasteiger partial charge in [-0.2, -0.15) is 0 Å². The number of anilines is 1. The minimum Gasteiger partial charge on any atom is -0.497 e. The molecule has 7 nitrogen and oxygen atoms in total. The number of nitrogens with one attached hydrogen (secondary N) is 1. The monoisotopic (exact) mass is 392 g/mol. The second kappa shape index (κ2) is 8.65. The number of carbonyl (C=O) groups excluding carboxylic acids is 2. The van der Waals surface area contributed by atoms with Crippen LogP contribution in [0.5, 0.6) is 5.75 Å². The van der Waals surface area contributed by atoms with Crippen molar-refractivity contribution in [2.24, 2.45) is 11.8 Å². The highest BCUT2D eigenvalue weighted by molar-refractivity contribution is 7.99. The summed E-state index contributed by atoms with van der Waals surface area (Å²) >= 11 is 1.54. The van der Waals surface area contributed by atoms with Crippen molar-refractivity contribution < 1.29 is 24.2 Å². The van der Waals surface area contributed by atoms with Crippen molar-refractivity contribution in [1.82, 2.24) is 4.90 Å². The van der Waals surface area contributed by atoms with E-state index in [1.165, 1.54) is 0 Å². The lowest BCUT2D eigenvalue weighted by atomic mass is 9.80. The lowest BCUT2D eigenvalue weighted by Gasteiger charge is -2.31. The minimum atomic E-state index is -0.836. The van der Waals surface area contributed by atoms with E-state index in [9.17, 15) is 19.5 Å². The summed E-state index contributed by atoms with van der Waals surface area (Å²) in [5, 5.41) is 12.1. The molecule has 2 amide bonds. The summed E-state index contributed by atoms with van der Waals surface area (Å²) in [5.41, 5.74) is 0.647. The van der Waals surface area contributed by atoms with Crippen molar-refractivity contribution in [2.75, 3.05) is 24.1 Å². The van der Waals surface area contributed by atoms with Crippen molar-refractivity contribution in [3.05, 3.63) is 24.3 Å². The molecule has 3 rings (SSSR count). The van der Waals surface area contributed by atoms with Crippen molar-refractivity contribution >= 4 is 35.2 Å². The quantitative estimate of drug-likeness (QED) is 0.799. The maximum absolute atomic E-state index is 12.9. The van der Waals surface area contributed by atoms with Crippen LogP contribution in [0.15, 0.2) is 24.3 Å². The minimum absolute atomic E-state index is 0.0965. The van der Waals surface area contributed by atoms with Gasteiger partial charge in [-0.05, 0) is 43.5 Å². The smallest absolute Gasteiger partial charge is 0.306 e. The predicted molar refractivity (Wildman–Crippen MR) is 103 cm³/mol. The van der Waals surface area contributed by atoms with Crippen LogP contribution in [-0.2, 0) is 14.4 Å². The van der Waals surface area contributed by atoms with Crippen LogP contribution in [-0.4, -0.2) is 52.6 Å². The summed E-state index contributed by atoms with van der Waals surface area (Å²) in [7, 11) is 1.58. The lowest BCUT2D eigenvalue weighted by Crippen LogP contribution is -2.47. The molecule has 0 aromatic heterocycles. The van der Waals surface area contributed by atoms with E-state index in [1.54, 1.807) is 48.0 Å². The first-order chi connectivity index (χ1) is 13.0. The number of aliphatic carboxylic acids is 1. The normalized spacial score (nSPS) is 25.1. The van der Waals surface area contributed by atoms with Gasteiger partial charge in [-0.3, -0.25) is 14.4 Å². The molecule has 2 aliphatic rings. The first-order valence-electron chi connectivity index (χ1n) is 9.05. The number of amides is 2. The van der Waals surface area contributed by atoms with Gasteiger partial charge in [-0.1, -0.05) is 6.42 Å². The van der Waals surface area contributed by atoms with E-state index < -0.39 is 17.9 Å². The van der Waals surface area contributed by atoms with Crippen LogP contribution in [0, 0.1) is 11.8 Å². The Kier molecular flexibility index (Phi) is 6.26. The molecule has 1 aromatic carbocycles. The van der Waals surface area contributed by atoms with Gasteiger partial charge in [0.25, 0.3) is 0 Å². The van der Waals surface area contributed by atoms with E-state index in [4.69, 9.17) is 4.74 Å². The molecule has 27 heavy (non-hydrogen) atoms. The summed E-state index contributed by atoms with van der Waals surface area (Å²) in [6.45, 7) is 0. The van der Waals surface area contributed by atoms with Gasteiger partial charge in [0.15, 0.2) is 0 Å². The van der Waals surface area contributed by atoms with Gasteiger partial charge in [0.1, 0.15) is 11.8 Å². The third-order valence-corrected chi connectivity index (χ3v) is 6.21. The molecule has 3 unspecified atom stereocenters. The van der Waals surface area contributed by atoms with Gasteiger partial charge < -0.3 is 20.1 Å². The van der Waals surface area contributed by atoms with E-state index in [2.05, 4.69) is 5.32 Å².